The summed E-state index contributed by atoms with van der Waals surface area (Å²) in [5, 5.41) is 17.0. The zero-order valence-corrected chi connectivity index (χ0v) is 14.7. The Labute approximate surface area is 149 Å². The minimum Gasteiger partial charge on any atom is -0.497 e. The van der Waals surface area contributed by atoms with Crippen LogP contribution in [0.15, 0.2) is 36.4 Å². The molecule has 0 aromatic heterocycles. The number of hydrogen-bond acceptors (Lipinski definition) is 6. The van der Waals surface area contributed by atoms with Crippen molar-refractivity contribution in [3.63, 3.8) is 0 Å². The molecule has 2 rings (SSSR count). The second-order valence-electron chi connectivity index (χ2n) is 4.79. The molecule has 0 atom stereocenters. The van der Waals surface area contributed by atoms with E-state index in [0.29, 0.717) is 28.6 Å². The van der Waals surface area contributed by atoms with E-state index in [4.69, 9.17) is 26.4 Å². The van der Waals surface area contributed by atoms with E-state index >= 15 is 0 Å². The molecule has 2 N–H and O–H groups in total. The predicted molar refractivity (Wildman–Crippen MR) is 99.0 cm³/mol. The molecule has 0 fully saturated rings. The number of nitrogens with one attached hydrogen (secondary N) is 2. The zero-order valence-electron chi connectivity index (χ0n) is 13.9. The van der Waals surface area contributed by atoms with Crippen molar-refractivity contribution in [2.45, 2.75) is 0 Å². The number of rotatable bonds is 6. The molecule has 8 nitrogen and oxygen atoms in total. The third-order valence-corrected chi connectivity index (χ3v) is 3.50. The minimum atomic E-state index is -0.496. The summed E-state index contributed by atoms with van der Waals surface area (Å²) in [5.74, 6) is 1.52. The molecule has 0 radical (unpaired) electrons. The lowest BCUT2D eigenvalue weighted by atomic mass is 10.2. The van der Waals surface area contributed by atoms with Crippen LogP contribution in [0.3, 0.4) is 0 Å². The highest BCUT2D eigenvalue weighted by Gasteiger charge is 2.13. The first-order valence-corrected chi connectivity index (χ1v) is 7.51. The van der Waals surface area contributed by atoms with Gasteiger partial charge >= 0.3 is 0 Å². The number of methoxy groups -OCH3 is 3. The number of ether oxygens (including phenoxy) is 3. The topological polar surface area (TPSA) is 94.9 Å². The fraction of sp³-hybridized carbons (Fsp3) is 0.188. The summed E-state index contributed by atoms with van der Waals surface area (Å²) < 4.78 is 15.6. The molecule has 132 valence electrons. The van der Waals surface area contributed by atoms with Crippen molar-refractivity contribution in [1.82, 2.24) is 0 Å². The maximum absolute atomic E-state index is 10.8. The number of benzene rings is 2. The molecule has 0 amide bonds. The third kappa shape index (κ3) is 4.48. The van der Waals surface area contributed by atoms with Crippen LogP contribution in [-0.2, 0) is 0 Å². The average Bonchev–Trinajstić information content (AvgIpc) is 2.61. The predicted octanol–water partition coefficient (Wildman–Crippen LogP) is 3.43. The molecular formula is C16H17N3O5S. The summed E-state index contributed by atoms with van der Waals surface area (Å²) in [6.45, 7) is 0. The zero-order chi connectivity index (χ0) is 18.4. The first-order valence-electron chi connectivity index (χ1n) is 7.11. The van der Waals surface area contributed by atoms with E-state index in [9.17, 15) is 10.1 Å². The van der Waals surface area contributed by atoms with Crippen LogP contribution < -0.4 is 24.8 Å². The fourth-order valence-corrected chi connectivity index (χ4v) is 2.30. The number of hydrogen-bond donors (Lipinski definition) is 2. The van der Waals surface area contributed by atoms with E-state index in [1.807, 2.05) is 0 Å². The van der Waals surface area contributed by atoms with Gasteiger partial charge in [0.05, 0.1) is 43.7 Å². The van der Waals surface area contributed by atoms with Crippen LogP contribution >= 0.6 is 12.2 Å². The van der Waals surface area contributed by atoms with Gasteiger partial charge in [0.1, 0.15) is 17.2 Å². The fourth-order valence-electron chi connectivity index (χ4n) is 2.08. The molecular weight excluding hydrogens is 346 g/mol. The summed E-state index contributed by atoms with van der Waals surface area (Å²) in [6, 6.07) is 9.44. The lowest BCUT2D eigenvalue weighted by molar-refractivity contribution is -0.384. The van der Waals surface area contributed by atoms with Crippen molar-refractivity contribution in [2.24, 2.45) is 0 Å². The third-order valence-electron chi connectivity index (χ3n) is 3.30. The maximum Gasteiger partial charge on any atom is 0.273 e. The van der Waals surface area contributed by atoms with Gasteiger partial charge in [-0.25, -0.2) is 0 Å². The van der Waals surface area contributed by atoms with E-state index in [0.717, 1.165) is 0 Å². The number of anilines is 2. The highest BCUT2D eigenvalue weighted by molar-refractivity contribution is 7.80. The van der Waals surface area contributed by atoms with Crippen molar-refractivity contribution in [2.75, 3.05) is 32.0 Å². The Morgan fingerprint density at radius 2 is 1.64 bits per heavy atom. The molecule has 0 unspecified atom stereocenters. The number of thiocarbonyl (C=S) groups is 1. The molecule has 9 heteroatoms. The van der Waals surface area contributed by atoms with Gasteiger partial charge < -0.3 is 24.8 Å². The molecule has 2 aromatic carbocycles. The summed E-state index contributed by atoms with van der Waals surface area (Å²) in [7, 11) is 4.53. The molecule has 0 saturated heterocycles. The lowest BCUT2D eigenvalue weighted by Gasteiger charge is -2.15. The molecule has 0 aliphatic rings. The molecule has 0 aliphatic heterocycles. The SMILES string of the molecule is COc1ccc(OC)c(NC(=S)Nc2ccc([N+](=O)[O-])cc2OC)c1. The maximum atomic E-state index is 10.8. The Balaban J connectivity index is 2.19. The van der Waals surface area contributed by atoms with Crippen LogP contribution in [0.2, 0.25) is 0 Å². The van der Waals surface area contributed by atoms with E-state index in [1.165, 1.54) is 25.3 Å². The molecule has 0 heterocycles. The number of nitro groups is 1. The van der Waals surface area contributed by atoms with Crippen molar-refractivity contribution in [1.29, 1.82) is 0 Å². The smallest absolute Gasteiger partial charge is 0.273 e. The largest absolute Gasteiger partial charge is 0.497 e. The van der Waals surface area contributed by atoms with Crippen LogP contribution in [-0.4, -0.2) is 31.4 Å². The molecule has 2 aromatic rings. The molecule has 0 bridgehead atoms. The summed E-state index contributed by atoms with van der Waals surface area (Å²) in [5.41, 5.74) is 1.03. The van der Waals surface area contributed by atoms with Crippen molar-refractivity contribution < 1.29 is 19.1 Å². The number of non-ortho nitro benzene ring substituents is 1. The van der Waals surface area contributed by atoms with Gasteiger partial charge in [0.2, 0.25) is 0 Å². The second kappa shape index (κ2) is 8.15. The van der Waals surface area contributed by atoms with Crippen LogP contribution in [0.5, 0.6) is 17.2 Å². The molecule has 0 aliphatic carbocycles. The van der Waals surface area contributed by atoms with Gasteiger partial charge in [-0.2, -0.15) is 0 Å². The van der Waals surface area contributed by atoms with Crippen molar-refractivity contribution in [3.05, 3.63) is 46.5 Å². The molecule has 0 spiro atoms. The Bertz CT molecular complexity index is 797. The van der Waals surface area contributed by atoms with Crippen LogP contribution in [0.1, 0.15) is 0 Å². The van der Waals surface area contributed by atoms with Crippen LogP contribution in [0.25, 0.3) is 0 Å². The Kier molecular flexibility index (Phi) is 5.96. The van der Waals surface area contributed by atoms with E-state index in [2.05, 4.69) is 10.6 Å². The summed E-state index contributed by atoms with van der Waals surface area (Å²) in [4.78, 5) is 10.3. The van der Waals surface area contributed by atoms with Gasteiger partial charge in [-0.15, -0.1) is 0 Å². The Morgan fingerprint density at radius 3 is 2.24 bits per heavy atom. The van der Waals surface area contributed by atoms with Crippen LogP contribution in [0.4, 0.5) is 17.1 Å². The average molecular weight is 363 g/mol. The first kappa shape index (κ1) is 18.3. The Morgan fingerprint density at radius 1 is 0.960 bits per heavy atom. The first-order chi connectivity index (χ1) is 12.0. The highest BCUT2D eigenvalue weighted by atomic mass is 32.1. The minimum absolute atomic E-state index is 0.0734. The lowest BCUT2D eigenvalue weighted by Crippen LogP contribution is -2.20. The van der Waals surface area contributed by atoms with Crippen molar-refractivity contribution in [3.8, 4) is 17.2 Å². The summed E-state index contributed by atoms with van der Waals surface area (Å²) >= 11 is 5.29. The van der Waals surface area contributed by atoms with Gasteiger partial charge in [-0.3, -0.25) is 10.1 Å². The Hall–Kier alpha value is -3.07. The summed E-state index contributed by atoms with van der Waals surface area (Å²) in [6.07, 6.45) is 0. The molecule has 0 saturated carbocycles. The normalized spacial score (nSPS) is 9.88. The molecule has 25 heavy (non-hydrogen) atoms. The van der Waals surface area contributed by atoms with Gasteiger partial charge in [-0.1, -0.05) is 0 Å². The standard InChI is InChI=1S/C16H17N3O5S/c1-22-11-5-7-14(23-2)13(9-11)18-16(25)17-12-6-4-10(19(20)21)8-15(12)24-3/h4-9H,1-3H3,(H2,17,18,25). The highest BCUT2D eigenvalue weighted by Crippen LogP contribution is 2.31. The van der Waals surface area contributed by atoms with Gasteiger partial charge in [0.15, 0.2) is 5.11 Å². The van der Waals surface area contributed by atoms with E-state index in [1.54, 1.807) is 32.4 Å². The van der Waals surface area contributed by atoms with Gasteiger partial charge in [0.25, 0.3) is 5.69 Å². The second-order valence-corrected chi connectivity index (χ2v) is 5.20. The number of nitro benzene ring substituents is 1. The number of nitrogens with zero attached hydrogens (tertiary/aromatic N) is 1. The van der Waals surface area contributed by atoms with Gasteiger partial charge in [-0.05, 0) is 30.4 Å². The quantitative estimate of drug-likeness (QED) is 0.458. The van der Waals surface area contributed by atoms with Crippen LogP contribution in [0, 0.1) is 10.1 Å². The monoisotopic (exact) mass is 363 g/mol. The van der Waals surface area contributed by atoms with E-state index in [-0.39, 0.29) is 10.8 Å². The van der Waals surface area contributed by atoms with Gasteiger partial charge in [0, 0.05) is 12.1 Å². The van der Waals surface area contributed by atoms with E-state index < -0.39 is 4.92 Å². The van der Waals surface area contributed by atoms with Crippen molar-refractivity contribution >= 4 is 34.4 Å².